The third kappa shape index (κ3) is 2.89. The Morgan fingerprint density at radius 1 is 1.22 bits per heavy atom. The summed E-state index contributed by atoms with van der Waals surface area (Å²) in [5, 5.41) is 7.73. The van der Waals surface area contributed by atoms with Crippen molar-refractivity contribution in [2.45, 2.75) is 31.1 Å². The third-order valence-electron chi connectivity index (χ3n) is 8.88. The molecule has 2 fully saturated rings. The van der Waals surface area contributed by atoms with Crippen LogP contribution in [0.5, 0.6) is 0 Å². The normalized spacial score (nSPS) is 27.1. The molecule has 3 aromatic heterocycles. The van der Waals surface area contributed by atoms with E-state index in [-0.39, 0.29) is 17.2 Å². The second-order valence-corrected chi connectivity index (χ2v) is 10.4. The van der Waals surface area contributed by atoms with Crippen LogP contribution in [0.1, 0.15) is 41.9 Å². The summed E-state index contributed by atoms with van der Waals surface area (Å²) in [6.45, 7) is 4.26. The van der Waals surface area contributed by atoms with Gasteiger partial charge in [-0.2, -0.15) is 5.10 Å². The maximum absolute atomic E-state index is 14.7. The molecule has 4 atom stereocenters. The van der Waals surface area contributed by atoms with Crippen LogP contribution in [-0.4, -0.2) is 49.4 Å². The summed E-state index contributed by atoms with van der Waals surface area (Å²) in [5.74, 6) is 1.52. The predicted octanol–water partition coefficient (Wildman–Crippen LogP) is 3.32. The van der Waals surface area contributed by atoms with Gasteiger partial charge in [0.2, 0.25) is 0 Å². The highest BCUT2D eigenvalue weighted by Gasteiger charge is 2.66. The van der Waals surface area contributed by atoms with E-state index in [4.69, 9.17) is 15.7 Å². The molecule has 0 amide bonds. The van der Waals surface area contributed by atoms with Gasteiger partial charge in [0.05, 0.1) is 18.2 Å². The molecule has 4 aromatic rings. The summed E-state index contributed by atoms with van der Waals surface area (Å²) >= 11 is 0. The molecule has 3 N–H and O–H groups in total. The zero-order chi connectivity index (χ0) is 24.6. The van der Waals surface area contributed by atoms with Crippen molar-refractivity contribution >= 4 is 22.6 Å². The second kappa shape index (κ2) is 7.70. The van der Waals surface area contributed by atoms with Crippen molar-refractivity contribution in [1.29, 1.82) is 0 Å². The number of fused-ring (bicyclic) bond motifs is 3. The number of nitrogens with zero attached hydrogens (tertiary/aromatic N) is 6. The molecule has 2 aliphatic carbocycles. The molecule has 7 rings (SSSR count). The lowest BCUT2D eigenvalue weighted by atomic mass is 9.87. The quantitative estimate of drug-likeness (QED) is 0.461. The Morgan fingerprint density at radius 3 is 2.92 bits per heavy atom. The SMILES string of the molecule is CC1C(c2n[nH]c3nc(N4CC[C@@H]5[C@H](C4)[C@@]5(CN)c4ccccc4F)cnc23)=CCc2c1ncn2C. The number of allylic oxidation sites excluding steroid dienone is 2. The summed E-state index contributed by atoms with van der Waals surface area (Å²) in [6.07, 6.45) is 7.74. The Kier molecular flexibility index (Phi) is 4.64. The molecule has 1 saturated heterocycles. The summed E-state index contributed by atoms with van der Waals surface area (Å²) < 4.78 is 16.8. The van der Waals surface area contributed by atoms with Crippen LogP contribution in [0.2, 0.25) is 0 Å². The van der Waals surface area contributed by atoms with E-state index in [1.54, 1.807) is 12.1 Å². The van der Waals surface area contributed by atoms with Crippen LogP contribution in [0.4, 0.5) is 10.2 Å². The fraction of sp³-hybridized carbons (Fsp3) is 0.407. The van der Waals surface area contributed by atoms with E-state index in [0.29, 0.717) is 24.0 Å². The summed E-state index contributed by atoms with van der Waals surface area (Å²) in [7, 11) is 2.03. The van der Waals surface area contributed by atoms with Gasteiger partial charge in [-0.3, -0.25) is 5.10 Å². The summed E-state index contributed by atoms with van der Waals surface area (Å²) in [6, 6.07) is 7.09. The molecule has 3 aliphatic rings. The van der Waals surface area contributed by atoms with Gasteiger partial charge in [-0.1, -0.05) is 31.2 Å². The number of benzene rings is 1. The molecule has 1 aliphatic heterocycles. The fourth-order valence-corrected chi connectivity index (χ4v) is 6.90. The molecule has 0 radical (unpaired) electrons. The van der Waals surface area contributed by atoms with Crippen molar-refractivity contribution < 1.29 is 4.39 Å². The fourth-order valence-electron chi connectivity index (χ4n) is 6.90. The van der Waals surface area contributed by atoms with E-state index >= 15 is 0 Å². The first kappa shape index (κ1) is 21.7. The van der Waals surface area contributed by atoms with Gasteiger partial charge in [-0.15, -0.1) is 0 Å². The van der Waals surface area contributed by atoms with Gasteiger partial charge in [0.25, 0.3) is 0 Å². The Bertz CT molecular complexity index is 1520. The van der Waals surface area contributed by atoms with Gasteiger partial charge < -0.3 is 15.2 Å². The van der Waals surface area contributed by atoms with Crippen LogP contribution in [0, 0.1) is 17.7 Å². The minimum Gasteiger partial charge on any atom is -0.355 e. The van der Waals surface area contributed by atoms with E-state index in [1.165, 1.54) is 5.69 Å². The van der Waals surface area contributed by atoms with Gasteiger partial charge >= 0.3 is 0 Å². The molecule has 0 spiro atoms. The Hall–Kier alpha value is -3.59. The molecule has 1 aromatic carbocycles. The molecular weight excluding hydrogens is 455 g/mol. The molecular formula is C27H29FN8. The topological polar surface area (TPSA) is 102 Å². The van der Waals surface area contributed by atoms with Crippen molar-refractivity contribution in [2.24, 2.45) is 24.6 Å². The maximum atomic E-state index is 14.7. The number of hydrogen-bond acceptors (Lipinski definition) is 6. The molecule has 1 saturated carbocycles. The van der Waals surface area contributed by atoms with E-state index in [2.05, 4.69) is 37.6 Å². The molecule has 184 valence electrons. The van der Waals surface area contributed by atoms with Crippen LogP contribution in [0.25, 0.3) is 16.7 Å². The second-order valence-electron chi connectivity index (χ2n) is 10.4. The number of aromatic nitrogens is 6. The Morgan fingerprint density at radius 2 is 2.08 bits per heavy atom. The van der Waals surface area contributed by atoms with E-state index < -0.39 is 0 Å². The summed E-state index contributed by atoms with van der Waals surface area (Å²) in [5.41, 5.74) is 12.5. The average Bonchev–Trinajstić information content (AvgIpc) is 3.13. The first-order chi connectivity index (χ1) is 17.5. The molecule has 0 bridgehead atoms. The van der Waals surface area contributed by atoms with Gasteiger partial charge in [-0.25, -0.2) is 19.3 Å². The van der Waals surface area contributed by atoms with E-state index in [0.717, 1.165) is 59.8 Å². The largest absolute Gasteiger partial charge is 0.355 e. The van der Waals surface area contributed by atoms with E-state index in [9.17, 15) is 4.39 Å². The minimum atomic E-state index is -0.285. The third-order valence-corrected chi connectivity index (χ3v) is 8.88. The molecule has 8 nitrogen and oxygen atoms in total. The number of nitrogens with one attached hydrogen (secondary N) is 1. The first-order valence-electron chi connectivity index (χ1n) is 12.6. The van der Waals surface area contributed by atoms with Crippen molar-refractivity contribution in [3.63, 3.8) is 0 Å². The number of aryl methyl sites for hydroxylation is 1. The van der Waals surface area contributed by atoms with Crippen LogP contribution < -0.4 is 10.6 Å². The highest BCUT2D eigenvalue weighted by atomic mass is 19.1. The predicted molar refractivity (Wildman–Crippen MR) is 136 cm³/mol. The van der Waals surface area contributed by atoms with Crippen LogP contribution in [0.3, 0.4) is 0 Å². The van der Waals surface area contributed by atoms with Gasteiger partial charge in [-0.05, 0) is 35.5 Å². The standard InChI is InChI=1S/C27H29FN8/c1-15-16(7-8-21-23(15)31-14-35(21)2)24-25-26(34-33-24)32-22(11-30-25)36-10-9-17-19(12-36)27(17,13-29)18-5-3-4-6-20(18)28/h3-7,11,14-15,17,19H,8-10,12-13,29H2,1-2H3,(H,32,33,34)/t15?,17-,19+,27-/m1/s1. The van der Waals surface area contributed by atoms with E-state index in [1.807, 2.05) is 31.7 Å². The lowest BCUT2D eigenvalue weighted by Crippen LogP contribution is -2.32. The Balaban J connectivity index is 1.16. The number of aromatic amines is 1. The number of hydrogen-bond donors (Lipinski definition) is 2. The van der Waals surface area contributed by atoms with Crippen LogP contribution >= 0.6 is 0 Å². The number of piperidine rings is 1. The lowest BCUT2D eigenvalue weighted by molar-refractivity contribution is 0.533. The highest BCUT2D eigenvalue weighted by molar-refractivity contribution is 5.88. The number of imidazole rings is 1. The van der Waals surface area contributed by atoms with Gasteiger partial charge in [0.1, 0.15) is 22.8 Å². The van der Waals surface area contributed by atoms with Crippen molar-refractivity contribution in [2.75, 3.05) is 24.5 Å². The number of H-pyrrole nitrogens is 1. The van der Waals surface area contributed by atoms with Gasteiger partial charge in [0.15, 0.2) is 5.65 Å². The molecule has 36 heavy (non-hydrogen) atoms. The van der Waals surface area contributed by atoms with Crippen molar-refractivity contribution in [3.05, 3.63) is 71.3 Å². The van der Waals surface area contributed by atoms with Crippen LogP contribution in [0.15, 0.2) is 42.9 Å². The number of nitrogens with two attached hydrogens (primary N) is 1. The smallest absolute Gasteiger partial charge is 0.176 e. The van der Waals surface area contributed by atoms with Crippen LogP contribution in [-0.2, 0) is 18.9 Å². The number of anilines is 1. The Labute approximate surface area is 208 Å². The maximum Gasteiger partial charge on any atom is 0.176 e. The highest BCUT2D eigenvalue weighted by Crippen LogP contribution is 2.63. The zero-order valence-corrected chi connectivity index (χ0v) is 20.4. The number of halogens is 1. The van der Waals surface area contributed by atoms with Crippen molar-refractivity contribution in [3.8, 4) is 0 Å². The molecule has 9 heteroatoms. The summed E-state index contributed by atoms with van der Waals surface area (Å²) in [4.78, 5) is 16.6. The molecule has 1 unspecified atom stereocenters. The number of rotatable bonds is 4. The lowest BCUT2D eigenvalue weighted by Gasteiger charge is -2.27. The minimum absolute atomic E-state index is 0.139. The van der Waals surface area contributed by atoms with Gasteiger partial charge in [0, 0.05) is 50.1 Å². The zero-order valence-electron chi connectivity index (χ0n) is 20.4. The first-order valence-corrected chi connectivity index (χ1v) is 12.6. The average molecular weight is 485 g/mol. The van der Waals surface area contributed by atoms with Crippen molar-refractivity contribution in [1.82, 2.24) is 29.7 Å². The monoisotopic (exact) mass is 484 g/mol. The molecule has 4 heterocycles.